The molecule has 3 fully saturated rings. The Bertz CT molecular complexity index is 1250. The van der Waals surface area contributed by atoms with Crippen LogP contribution in [-0.4, -0.2) is 84.3 Å². The van der Waals surface area contributed by atoms with Crippen molar-refractivity contribution < 1.29 is 27.5 Å². The molecular weight excluding hydrogens is 537 g/mol. The fraction of sp³-hybridized carbons (Fsp3) is 0.586. The van der Waals surface area contributed by atoms with Crippen LogP contribution < -0.4 is 20.3 Å². The summed E-state index contributed by atoms with van der Waals surface area (Å²) in [6.07, 6.45) is 0.166. The minimum Gasteiger partial charge on any atom is -0.492 e. The van der Waals surface area contributed by atoms with Crippen LogP contribution in [0, 0.1) is 5.41 Å². The number of nitrogens with zero attached hydrogens (tertiary/aromatic N) is 4. The molecular formula is C29H37F3N6O3. The van der Waals surface area contributed by atoms with Crippen LogP contribution in [0.1, 0.15) is 56.4 Å². The van der Waals surface area contributed by atoms with Gasteiger partial charge in [-0.25, -0.2) is 4.98 Å². The third kappa shape index (κ3) is 5.58. The molecule has 41 heavy (non-hydrogen) atoms. The van der Waals surface area contributed by atoms with Crippen molar-refractivity contribution in [2.75, 3.05) is 44.2 Å². The molecule has 2 amide bonds. The number of amides is 2. The summed E-state index contributed by atoms with van der Waals surface area (Å²) in [5, 5.41) is 6.32. The number of carbonyl (C=O) groups is 2. The van der Waals surface area contributed by atoms with Gasteiger partial charge in [-0.15, -0.1) is 0 Å². The molecule has 0 aromatic carbocycles. The van der Waals surface area contributed by atoms with Crippen LogP contribution in [0.4, 0.5) is 18.9 Å². The average Bonchev–Trinajstić information content (AvgIpc) is 3.44. The van der Waals surface area contributed by atoms with Gasteiger partial charge < -0.3 is 25.2 Å². The summed E-state index contributed by atoms with van der Waals surface area (Å²) >= 11 is 0. The lowest BCUT2D eigenvalue weighted by Crippen LogP contribution is -2.62. The molecule has 0 unspecified atom stereocenters. The molecule has 3 aliphatic rings. The second-order valence-corrected chi connectivity index (χ2v) is 11.0. The minimum atomic E-state index is -4.57. The van der Waals surface area contributed by atoms with Crippen LogP contribution in [-0.2, 0) is 4.79 Å². The Morgan fingerprint density at radius 2 is 2.05 bits per heavy atom. The maximum Gasteiger partial charge on any atom is 0.403 e. The molecule has 222 valence electrons. The van der Waals surface area contributed by atoms with Crippen molar-refractivity contribution in [1.29, 1.82) is 0 Å². The highest BCUT2D eigenvalue weighted by Gasteiger charge is 2.64. The third-order valence-electron chi connectivity index (χ3n) is 8.52. The highest BCUT2D eigenvalue weighted by atomic mass is 19.4. The second-order valence-electron chi connectivity index (χ2n) is 11.0. The summed E-state index contributed by atoms with van der Waals surface area (Å²) in [5.74, 6) is -0.685. The number of alkyl halides is 3. The Hall–Kier alpha value is -3.41. The van der Waals surface area contributed by atoms with E-state index in [2.05, 4.69) is 15.6 Å². The fourth-order valence-electron chi connectivity index (χ4n) is 6.04. The molecule has 1 aliphatic carbocycles. The molecule has 2 aliphatic heterocycles. The first-order chi connectivity index (χ1) is 19.7. The summed E-state index contributed by atoms with van der Waals surface area (Å²) in [7, 11) is 0. The van der Waals surface area contributed by atoms with Crippen LogP contribution >= 0.6 is 0 Å². The number of ether oxygens (including phenoxy) is 1. The van der Waals surface area contributed by atoms with Crippen LogP contribution in [0.2, 0.25) is 0 Å². The summed E-state index contributed by atoms with van der Waals surface area (Å²) in [5.41, 5.74) is -0.346. The van der Waals surface area contributed by atoms with Gasteiger partial charge in [-0.1, -0.05) is 13.3 Å². The Kier molecular flexibility index (Phi) is 8.40. The number of nitrogens with one attached hydrogen (secondary N) is 2. The third-order valence-corrected chi connectivity index (χ3v) is 8.52. The van der Waals surface area contributed by atoms with Gasteiger partial charge >= 0.3 is 6.18 Å². The summed E-state index contributed by atoms with van der Waals surface area (Å²) in [6.45, 7) is 6.14. The van der Waals surface area contributed by atoms with Crippen molar-refractivity contribution in [3.05, 3.63) is 36.3 Å². The molecule has 0 bridgehead atoms. The molecule has 12 heteroatoms. The number of halogens is 3. The lowest BCUT2D eigenvalue weighted by molar-refractivity contribution is -0.248. The van der Waals surface area contributed by atoms with E-state index in [4.69, 9.17) is 9.72 Å². The summed E-state index contributed by atoms with van der Waals surface area (Å²) in [6, 6.07) is 5.07. The normalized spacial score (nSPS) is 22.3. The van der Waals surface area contributed by atoms with Gasteiger partial charge in [0.15, 0.2) is 5.69 Å². The SMILES string of the molecule is CCOc1cc(N2CCN(C(=O)C3(C(F)(F)F)CCC3)C[C@H]2CC)c(C(=O)N[C@@H]2CCNC2)nc1-c1cccnc1. The van der Waals surface area contributed by atoms with Crippen molar-refractivity contribution in [2.24, 2.45) is 5.41 Å². The van der Waals surface area contributed by atoms with Crippen molar-refractivity contribution >= 4 is 17.5 Å². The molecule has 2 N–H and O–H groups in total. The van der Waals surface area contributed by atoms with Gasteiger partial charge in [0.05, 0.1) is 12.3 Å². The average molecular weight is 575 g/mol. The van der Waals surface area contributed by atoms with Crippen molar-refractivity contribution in [3.63, 3.8) is 0 Å². The number of anilines is 1. The molecule has 1 saturated carbocycles. The highest BCUT2D eigenvalue weighted by molar-refractivity contribution is 5.99. The van der Waals surface area contributed by atoms with Crippen molar-refractivity contribution in [3.8, 4) is 17.0 Å². The molecule has 2 saturated heterocycles. The number of hydrogen-bond acceptors (Lipinski definition) is 7. The molecule has 2 aromatic heterocycles. The van der Waals surface area contributed by atoms with E-state index in [-0.39, 0.29) is 56.2 Å². The lowest BCUT2D eigenvalue weighted by Gasteiger charge is -2.48. The monoisotopic (exact) mass is 574 g/mol. The van der Waals surface area contributed by atoms with Crippen LogP contribution in [0.25, 0.3) is 11.3 Å². The van der Waals surface area contributed by atoms with E-state index in [0.717, 1.165) is 13.0 Å². The number of piperazine rings is 1. The molecule has 2 aromatic rings. The zero-order chi connectivity index (χ0) is 29.2. The zero-order valence-electron chi connectivity index (χ0n) is 23.5. The maximum atomic E-state index is 14.0. The van der Waals surface area contributed by atoms with Crippen molar-refractivity contribution in [2.45, 2.75) is 64.2 Å². The molecule has 2 atom stereocenters. The first-order valence-electron chi connectivity index (χ1n) is 14.4. The lowest BCUT2D eigenvalue weighted by atomic mass is 9.67. The maximum absolute atomic E-state index is 14.0. The van der Waals surface area contributed by atoms with Crippen LogP contribution in [0.5, 0.6) is 5.75 Å². The van der Waals surface area contributed by atoms with Gasteiger partial charge in [-0.2, -0.15) is 13.2 Å². The summed E-state index contributed by atoms with van der Waals surface area (Å²) in [4.78, 5) is 39.3. The van der Waals surface area contributed by atoms with Crippen LogP contribution in [0.15, 0.2) is 30.6 Å². The predicted octanol–water partition coefficient (Wildman–Crippen LogP) is 3.79. The Balaban J connectivity index is 1.50. The largest absolute Gasteiger partial charge is 0.492 e. The highest BCUT2D eigenvalue weighted by Crippen LogP contribution is 2.54. The first kappa shape index (κ1) is 29.1. The van der Waals surface area contributed by atoms with E-state index in [1.54, 1.807) is 24.5 Å². The van der Waals surface area contributed by atoms with Gasteiger partial charge in [0, 0.05) is 62.3 Å². The van der Waals surface area contributed by atoms with Gasteiger partial charge in [-0.3, -0.25) is 14.6 Å². The molecule has 0 radical (unpaired) electrons. The number of pyridine rings is 2. The smallest absolute Gasteiger partial charge is 0.403 e. The van der Waals surface area contributed by atoms with E-state index in [9.17, 15) is 22.8 Å². The predicted molar refractivity (Wildman–Crippen MR) is 148 cm³/mol. The molecule has 5 rings (SSSR count). The topological polar surface area (TPSA) is 99.7 Å². The fourth-order valence-corrected chi connectivity index (χ4v) is 6.04. The second kappa shape index (κ2) is 11.8. The van der Waals surface area contributed by atoms with E-state index < -0.39 is 17.5 Å². The Morgan fingerprint density at radius 1 is 1.24 bits per heavy atom. The van der Waals surface area contributed by atoms with Gasteiger partial charge in [0.1, 0.15) is 16.9 Å². The summed E-state index contributed by atoms with van der Waals surface area (Å²) < 4.78 is 47.8. The van der Waals surface area contributed by atoms with Crippen molar-refractivity contribution in [1.82, 2.24) is 25.5 Å². The quantitative estimate of drug-likeness (QED) is 0.495. The van der Waals surface area contributed by atoms with Gasteiger partial charge in [0.2, 0.25) is 5.91 Å². The van der Waals surface area contributed by atoms with Gasteiger partial charge in [-0.05, 0) is 51.3 Å². The van der Waals surface area contributed by atoms with E-state index in [1.807, 2.05) is 24.8 Å². The molecule has 0 spiro atoms. The molecule has 9 nitrogen and oxygen atoms in total. The Morgan fingerprint density at radius 3 is 2.63 bits per heavy atom. The van der Waals surface area contributed by atoms with E-state index in [0.29, 0.717) is 48.7 Å². The van der Waals surface area contributed by atoms with Crippen LogP contribution in [0.3, 0.4) is 0 Å². The number of aromatic nitrogens is 2. The van der Waals surface area contributed by atoms with E-state index in [1.165, 1.54) is 4.90 Å². The minimum absolute atomic E-state index is 0.0389. The zero-order valence-corrected chi connectivity index (χ0v) is 23.5. The Labute approximate surface area is 237 Å². The van der Waals surface area contributed by atoms with Gasteiger partial charge in [0.25, 0.3) is 5.91 Å². The first-order valence-corrected chi connectivity index (χ1v) is 14.4. The van der Waals surface area contributed by atoms with E-state index >= 15 is 0 Å². The molecule has 4 heterocycles. The number of rotatable bonds is 8. The number of hydrogen-bond donors (Lipinski definition) is 2. The standard InChI is InChI=1S/C29H37F3N6O3/c1-3-21-18-37(27(40)28(9-6-10-28)29(30,31)32)13-14-38(21)22-15-23(41-4-2)24(19-7-5-11-33-16-19)36-25(22)26(39)35-20-8-12-34-17-20/h5,7,11,15-16,20-21,34H,3-4,6,8-10,12-14,17-18H2,1-2H3,(H,35,39)/t20-,21-/m1/s1. The number of carbonyl (C=O) groups excluding carboxylic acids is 2.